The highest BCUT2D eigenvalue weighted by Gasteiger charge is 2.33. The molecule has 3 aromatic rings. The third-order valence-electron chi connectivity index (χ3n) is 5.99. The summed E-state index contributed by atoms with van der Waals surface area (Å²) in [5, 5.41) is 12.3. The van der Waals surface area contributed by atoms with Crippen molar-refractivity contribution in [3.05, 3.63) is 82.9 Å². The highest BCUT2D eigenvalue weighted by Crippen LogP contribution is 2.25. The molecule has 6 nitrogen and oxygen atoms in total. The Morgan fingerprint density at radius 2 is 1.83 bits per heavy atom. The second-order valence-corrected chi connectivity index (χ2v) is 8.04. The SMILES string of the molecule is C[C@H]1CN(C(=O)[C@H]2Cc3ccccc3CN2)Cc2nnc(Cc3ccccc3)n21. The van der Waals surface area contributed by atoms with Crippen molar-refractivity contribution >= 4 is 5.91 Å². The van der Waals surface area contributed by atoms with Gasteiger partial charge >= 0.3 is 0 Å². The largest absolute Gasteiger partial charge is 0.332 e. The molecule has 1 amide bonds. The minimum absolute atomic E-state index is 0.158. The third-order valence-corrected chi connectivity index (χ3v) is 5.99. The quantitative estimate of drug-likeness (QED) is 0.750. The number of nitrogens with one attached hydrogen (secondary N) is 1. The summed E-state index contributed by atoms with van der Waals surface area (Å²) in [6.45, 7) is 4.09. The average molecular weight is 387 g/mol. The van der Waals surface area contributed by atoms with Gasteiger partial charge in [-0.25, -0.2) is 0 Å². The Bertz CT molecular complexity index is 1030. The lowest BCUT2D eigenvalue weighted by molar-refractivity contribution is -0.135. The van der Waals surface area contributed by atoms with E-state index in [1.807, 2.05) is 29.2 Å². The van der Waals surface area contributed by atoms with Gasteiger partial charge in [-0.1, -0.05) is 54.6 Å². The highest BCUT2D eigenvalue weighted by atomic mass is 16.2. The second-order valence-electron chi connectivity index (χ2n) is 8.04. The van der Waals surface area contributed by atoms with E-state index in [9.17, 15) is 4.79 Å². The zero-order chi connectivity index (χ0) is 19.8. The van der Waals surface area contributed by atoms with Gasteiger partial charge in [-0.2, -0.15) is 0 Å². The van der Waals surface area contributed by atoms with Crippen molar-refractivity contribution in [3.8, 4) is 0 Å². The Morgan fingerprint density at radius 1 is 1.07 bits per heavy atom. The van der Waals surface area contributed by atoms with Crippen LogP contribution < -0.4 is 5.32 Å². The molecule has 148 valence electrons. The maximum atomic E-state index is 13.2. The number of carbonyl (C=O) groups is 1. The number of hydrogen-bond acceptors (Lipinski definition) is 4. The van der Waals surface area contributed by atoms with Crippen molar-refractivity contribution in [2.24, 2.45) is 0 Å². The summed E-state index contributed by atoms with van der Waals surface area (Å²) in [5.74, 6) is 2.00. The van der Waals surface area contributed by atoms with Crippen LogP contribution in [-0.4, -0.2) is 38.2 Å². The molecular weight excluding hydrogens is 362 g/mol. The van der Waals surface area contributed by atoms with Crippen molar-refractivity contribution in [3.63, 3.8) is 0 Å². The Balaban J connectivity index is 1.32. The summed E-state index contributed by atoms with van der Waals surface area (Å²) in [6, 6.07) is 18.7. The number of carbonyl (C=O) groups excluding carboxylic acids is 1. The summed E-state index contributed by atoms with van der Waals surface area (Å²) in [5.41, 5.74) is 3.77. The fourth-order valence-electron chi connectivity index (χ4n) is 4.53. The first-order chi connectivity index (χ1) is 14.2. The molecule has 0 bridgehead atoms. The average Bonchev–Trinajstić information content (AvgIpc) is 3.16. The summed E-state index contributed by atoms with van der Waals surface area (Å²) in [4.78, 5) is 15.2. The summed E-state index contributed by atoms with van der Waals surface area (Å²) in [7, 11) is 0. The van der Waals surface area contributed by atoms with E-state index < -0.39 is 0 Å². The Hall–Kier alpha value is -2.99. The molecule has 3 heterocycles. The number of nitrogens with zero attached hydrogens (tertiary/aromatic N) is 4. The van der Waals surface area contributed by atoms with E-state index in [4.69, 9.17) is 0 Å². The molecule has 0 spiro atoms. The molecule has 2 aliphatic heterocycles. The van der Waals surface area contributed by atoms with E-state index in [2.05, 4.69) is 57.3 Å². The monoisotopic (exact) mass is 387 g/mol. The molecule has 0 fully saturated rings. The zero-order valence-electron chi connectivity index (χ0n) is 16.6. The smallest absolute Gasteiger partial charge is 0.240 e. The van der Waals surface area contributed by atoms with Crippen LogP contribution in [0.4, 0.5) is 0 Å². The van der Waals surface area contributed by atoms with Crippen LogP contribution >= 0.6 is 0 Å². The van der Waals surface area contributed by atoms with Gasteiger partial charge in [0, 0.05) is 19.5 Å². The van der Waals surface area contributed by atoms with Crippen LogP contribution in [0.1, 0.15) is 41.3 Å². The van der Waals surface area contributed by atoms with Gasteiger partial charge in [0.1, 0.15) is 5.82 Å². The van der Waals surface area contributed by atoms with Gasteiger partial charge < -0.3 is 14.8 Å². The number of amides is 1. The van der Waals surface area contributed by atoms with E-state index in [-0.39, 0.29) is 18.0 Å². The lowest BCUT2D eigenvalue weighted by Crippen LogP contribution is -2.52. The van der Waals surface area contributed by atoms with E-state index in [0.717, 1.165) is 31.0 Å². The minimum atomic E-state index is -0.171. The second kappa shape index (κ2) is 7.44. The molecule has 5 rings (SSSR count). The van der Waals surface area contributed by atoms with Crippen molar-refractivity contribution in [1.82, 2.24) is 25.0 Å². The molecule has 0 aliphatic carbocycles. The van der Waals surface area contributed by atoms with E-state index in [1.54, 1.807) is 0 Å². The summed E-state index contributed by atoms with van der Waals surface area (Å²) >= 11 is 0. The van der Waals surface area contributed by atoms with Crippen LogP contribution in [0, 0.1) is 0 Å². The van der Waals surface area contributed by atoms with Crippen LogP contribution in [0.5, 0.6) is 0 Å². The topological polar surface area (TPSA) is 63.1 Å². The van der Waals surface area contributed by atoms with Crippen LogP contribution in [-0.2, 0) is 30.7 Å². The molecule has 1 aromatic heterocycles. The van der Waals surface area contributed by atoms with E-state index >= 15 is 0 Å². The molecule has 1 N–H and O–H groups in total. The number of fused-ring (bicyclic) bond motifs is 2. The standard InChI is InChI=1S/C23H25N5O/c1-16-14-27(23(29)20-12-18-9-5-6-10-19(18)13-24-20)15-22-26-25-21(28(16)22)11-17-7-3-2-4-8-17/h2-10,16,20,24H,11-15H2,1H3/t16-,20+/m0/s1. The Labute approximate surface area is 170 Å². The molecule has 2 atom stereocenters. The molecule has 2 aromatic carbocycles. The molecule has 29 heavy (non-hydrogen) atoms. The summed E-state index contributed by atoms with van der Waals surface area (Å²) in [6.07, 6.45) is 1.50. The first kappa shape index (κ1) is 18.1. The number of rotatable bonds is 3. The minimum Gasteiger partial charge on any atom is -0.332 e. The van der Waals surface area contributed by atoms with Gasteiger partial charge in [0.2, 0.25) is 5.91 Å². The van der Waals surface area contributed by atoms with Gasteiger partial charge in [0.05, 0.1) is 18.6 Å². The van der Waals surface area contributed by atoms with Crippen molar-refractivity contribution in [2.75, 3.05) is 6.54 Å². The number of aromatic nitrogens is 3. The fourth-order valence-corrected chi connectivity index (χ4v) is 4.53. The predicted molar refractivity (Wildman–Crippen MR) is 110 cm³/mol. The fraction of sp³-hybridized carbons (Fsp3) is 0.348. The zero-order valence-corrected chi connectivity index (χ0v) is 16.6. The van der Waals surface area contributed by atoms with Gasteiger partial charge in [-0.3, -0.25) is 4.79 Å². The molecule has 6 heteroatoms. The highest BCUT2D eigenvalue weighted by molar-refractivity contribution is 5.82. The molecule has 0 saturated heterocycles. The molecule has 2 aliphatic rings. The van der Waals surface area contributed by atoms with Gasteiger partial charge in [-0.15, -0.1) is 10.2 Å². The molecule has 0 unspecified atom stereocenters. The van der Waals surface area contributed by atoms with Crippen molar-refractivity contribution in [2.45, 2.75) is 44.9 Å². The predicted octanol–water partition coefficient (Wildman–Crippen LogP) is 2.49. The Kier molecular flexibility index (Phi) is 4.64. The maximum Gasteiger partial charge on any atom is 0.240 e. The first-order valence-corrected chi connectivity index (χ1v) is 10.2. The molecule has 0 saturated carbocycles. The Morgan fingerprint density at radius 3 is 2.66 bits per heavy atom. The van der Waals surface area contributed by atoms with E-state index in [0.29, 0.717) is 13.1 Å². The lowest BCUT2D eigenvalue weighted by atomic mass is 9.95. The normalized spacial score (nSPS) is 20.8. The third kappa shape index (κ3) is 3.44. The van der Waals surface area contributed by atoms with Crippen LogP contribution in [0.25, 0.3) is 0 Å². The van der Waals surface area contributed by atoms with Gasteiger partial charge in [0.25, 0.3) is 0 Å². The van der Waals surface area contributed by atoms with Crippen molar-refractivity contribution in [1.29, 1.82) is 0 Å². The molecule has 0 radical (unpaired) electrons. The van der Waals surface area contributed by atoms with Gasteiger partial charge in [0.15, 0.2) is 5.82 Å². The number of hydrogen-bond donors (Lipinski definition) is 1. The number of benzene rings is 2. The van der Waals surface area contributed by atoms with Crippen LogP contribution in [0.15, 0.2) is 54.6 Å². The van der Waals surface area contributed by atoms with Gasteiger partial charge in [-0.05, 0) is 30.0 Å². The van der Waals surface area contributed by atoms with Crippen molar-refractivity contribution < 1.29 is 4.79 Å². The summed E-state index contributed by atoms with van der Waals surface area (Å²) < 4.78 is 2.21. The lowest BCUT2D eigenvalue weighted by Gasteiger charge is -2.36. The van der Waals surface area contributed by atoms with Crippen LogP contribution in [0.2, 0.25) is 0 Å². The van der Waals surface area contributed by atoms with Crippen LogP contribution in [0.3, 0.4) is 0 Å². The maximum absolute atomic E-state index is 13.2. The first-order valence-electron chi connectivity index (χ1n) is 10.2. The molecular formula is C23H25N5O. The van der Waals surface area contributed by atoms with E-state index in [1.165, 1.54) is 16.7 Å².